The molecule has 3 aromatic rings. The monoisotopic (exact) mass is 672 g/mol. The van der Waals surface area contributed by atoms with Crippen molar-refractivity contribution in [2.24, 2.45) is 4.99 Å². The number of hydrogen-bond acceptors (Lipinski definition) is 8. The maximum Gasteiger partial charge on any atom is 0.338 e. The molecule has 0 spiro atoms. The van der Waals surface area contributed by atoms with E-state index in [4.69, 9.17) is 25.4 Å². The number of halogens is 1. The van der Waals surface area contributed by atoms with E-state index in [1.54, 1.807) is 43.7 Å². The van der Waals surface area contributed by atoms with Crippen LogP contribution >= 0.6 is 33.9 Å². The molecule has 0 saturated carbocycles. The summed E-state index contributed by atoms with van der Waals surface area (Å²) in [4.78, 5) is 32.2. The Bertz CT molecular complexity index is 1700. The van der Waals surface area contributed by atoms with E-state index < -0.39 is 12.0 Å². The minimum atomic E-state index is -0.765. The Morgan fingerprint density at radius 1 is 1.23 bits per heavy atom. The third-order valence-corrected chi connectivity index (χ3v) is 7.77. The predicted molar refractivity (Wildman–Crippen MR) is 163 cm³/mol. The van der Waals surface area contributed by atoms with Crippen molar-refractivity contribution in [2.45, 2.75) is 39.8 Å². The van der Waals surface area contributed by atoms with Gasteiger partial charge in [0.15, 0.2) is 16.3 Å². The van der Waals surface area contributed by atoms with Gasteiger partial charge in [0.1, 0.15) is 12.4 Å². The molecule has 0 fully saturated rings. The van der Waals surface area contributed by atoms with E-state index >= 15 is 0 Å². The number of hydrogen-bond donors (Lipinski definition) is 0. The smallest absolute Gasteiger partial charge is 0.338 e. The molecule has 0 saturated heterocycles. The molecule has 0 radical (unpaired) electrons. The molecule has 0 bridgehead atoms. The van der Waals surface area contributed by atoms with Crippen LogP contribution in [0, 0.1) is 15.9 Å². The highest BCUT2D eigenvalue weighted by atomic mass is 127. The largest absolute Gasteiger partial charge is 0.493 e. The van der Waals surface area contributed by atoms with Crippen LogP contribution < -0.4 is 29.1 Å². The first-order chi connectivity index (χ1) is 19.2. The van der Waals surface area contributed by atoms with Gasteiger partial charge in [0, 0.05) is 0 Å². The van der Waals surface area contributed by atoms with E-state index in [2.05, 4.69) is 33.5 Å². The predicted octanol–water partition coefficient (Wildman–Crippen LogP) is 4.21. The number of aromatic nitrogens is 1. The second kappa shape index (κ2) is 12.7. The number of ether oxygens (including phenoxy) is 4. The SMILES string of the molecule is C#CCOc1ccc(/C=c2\sc3n(c2=O)[C@H](c2ccc(OC(C)C)c(OC)c2)C(C(=O)OCC)=C(C)N=3)cc1I. The zero-order valence-electron chi connectivity index (χ0n) is 22.8. The molecular formula is C30H29IN2O6S. The van der Waals surface area contributed by atoms with Gasteiger partial charge < -0.3 is 18.9 Å². The molecule has 40 heavy (non-hydrogen) atoms. The van der Waals surface area contributed by atoms with Gasteiger partial charge in [0.05, 0.1) is 45.2 Å². The maximum atomic E-state index is 13.9. The van der Waals surface area contributed by atoms with Gasteiger partial charge in [-0.3, -0.25) is 9.36 Å². The van der Waals surface area contributed by atoms with Crippen LogP contribution in [0.1, 0.15) is 44.9 Å². The van der Waals surface area contributed by atoms with Crippen LogP contribution in [-0.4, -0.2) is 37.0 Å². The van der Waals surface area contributed by atoms with Gasteiger partial charge in [0.2, 0.25) is 0 Å². The first kappa shape index (κ1) is 29.4. The van der Waals surface area contributed by atoms with Crippen molar-refractivity contribution in [1.29, 1.82) is 0 Å². The van der Waals surface area contributed by atoms with Crippen molar-refractivity contribution >= 4 is 46.0 Å². The van der Waals surface area contributed by atoms with Crippen molar-refractivity contribution in [3.63, 3.8) is 0 Å². The molecule has 4 rings (SSSR count). The molecule has 1 atom stereocenters. The Morgan fingerprint density at radius 2 is 1.98 bits per heavy atom. The van der Waals surface area contributed by atoms with Gasteiger partial charge in [0.25, 0.3) is 5.56 Å². The normalized spacial score (nSPS) is 14.8. The summed E-state index contributed by atoms with van der Waals surface area (Å²) in [6.45, 7) is 7.71. The summed E-state index contributed by atoms with van der Waals surface area (Å²) in [5, 5.41) is 0. The van der Waals surface area contributed by atoms with Crippen molar-refractivity contribution < 1.29 is 23.7 Å². The minimum Gasteiger partial charge on any atom is -0.493 e. The molecule has 0 aliphatic carbocycles. The summed E-state index contributed by atoms with van der Waals surface area (Å²) in [5.74, 6) is 3.66. The molecular weight excluding hydrogens is 643 g/mol. The number of thiazole rings is 1. The number of rotatable bonds is 9. The summed E-state index contributed by atoms with van der Waals surface area (Å²) < 4.78 is 25.3. The van der Waals surface area contributed by atoms with Gasteiger partial charge in [-0.25, -0.2) is 9.79 Å². The summed E-state index contributed by atoms with van der Waals surface area (Å²) in [6.07, 6.45) is 7.04. The fourth-order valence-corrected chi connectivity index (χ4v) is 6.05. The van der Waals surface area contributed by atoms with Crippen LogP contribution in [0.2, 0.25) is 0 Å². The number of carbonyl (C=O) groups excluding carboxylic acids is 1. The van der Waals surface area contributed by atoms with E-state index in [1.165, 1.54) is 11.3 Å². The molecule has 8 nitrogen and oxygen atoms in total. The maximum absolute atomic E-state index is 13.9. The Balaban J connectivity index is 1.89. The lowest BCUT2D eigenvalue weighted by atomic mass is 9.95. The molecule has 2 aromatic carbocycles. The molecule has 2 heterocycles. The third kappa shape index (κ3) is 6.10. The molecule has 208 valence electrons. The van der Waals surface area contributed by atoms with Gasteiger partial charge in [-0.2, -0.15) is 0 Å². The summed E-state index contributed by atoms with van der Waals surface area (Å²) >= 11 is 3.43. The highest BCUT2D eigenvalue weighted by Gasteiger charge is 2.34. The zero-order chi connectivity index (χ0) is 29.0. The number of allylic oxidation sites excluding steroid dienone is 1. The lowest BCUT2D eigenvalue weighted by Gasteiger charge is -2.25. The van der Waals surface area contributed by atoms with Crippen molar-refractivity contribution in [3.8, 4) is 29.6 Å². The quantitative estimate of drug-likeness (QED) is 0.193. The number of fused-ring (bicyclic) bond motifs is 1. The van der Waals surface area contributed by atoms with Gasteiger partial charge in [-0.15, -0.1) is 6.42 Å². The second-order valence-corrected chi connectivity index (χ2v) is 11.2. The second-order valence-electron chi connectivity index (χ2n) is 9.06. The standard InChI is InChI=1S/C30H29IN2O6S/c1-7-13-38-22-11-9-19(14-21(22)31)15-25-28(34)33-27(20-10-12-23(39-17(3)4)24(16-20)36-6)26(29(35)37-8-2)18(5)32-30(33)40-25/h1,9-12,14-17,27H,8,13H2,2-6H3/b25-15-/t27-/m1/s1. The van der Waals surface area contributed by atoms with Gasteiger partial charge in [-0.05, 0) is 91.8 Å². The summed E-state index contributed by atoms with van der Waals surface area (Å²) in [5.41, 5.74) is 2.00. The Kier molecular flexibility index (Phi) is 9.37. The first-order valence-corrected chi connectivity index (χ1v) is 14.5. The highest BCUT2D eigenvalue weighted by molar-refractivity contribution is 14.1. The third-order valence-electron chi connectivity index (χ3n) is 5.95. The van der Waals surface area contributed by atoms with E-state index in [0.717, 1.165) is 9.13 Å². The van der Waals surface area contributed by atoms with E-state index in [0.29, 0.717) is 43.4 Å². The first-order valence-electron chi connectivity index (χ1n) is 12.6. The minimum absolute atomic E-state index is 0.0596. The van der Waals surface area contributed by atoms with Crippen molar-refractivity contribution in [1.82, 2.24) is 4.57 Å². The van der Waals surface area contributed by atoms with Crippen LogP contribution in [0.3, 0.4) is 0 Å². The topological polar surface area (TPSA) is 88.3 Å². The van der Waals surface area contributed by atoms with Crippen LogP contribution in [0.25, 0.3) is 6.08 Å². The number of nitrogens with zero attached hydrogens (tertiary/aromatic N) is 2. The Hall–Kier alpha value is -3.56. The fourth-order valence-electron chi connectivity index (χ4n) is 4.31. The molecule has 1 aliphatic rings. The van der Waals surface area contributed by atoms with Crippen molar-refractivity contribution in [3.05, 3.63) is 82.1 Å². The molecule has 1 aliphatic heterocycles. The molecule has 1 aromatic heterocycles. The van der Waals surface area contributed by atoms with E-state index in [1.807, 2.05) is 38.1 Å². The number of terminal acetylenes is 1. The molecule has 0 unspecified atom stereocenters. The van der Waals surface area contributed by atoms with Crippen LogP contribution in [-0.2, 0) is 9.53 Å². The van der Waals surface area contributed by atoms with Crippen LogP contribution in [0.4, 0.5) is 0 Å². The van der Waals surface area contributed by atoms with Gasteiger partial charge >= 0.3 is 5.97 Å². The molecule has 10 heteroatoms. The number of esters is 1. The average Bonchev–Trinajstić information content (AvgIpc) is 3.21. The van der Waals surface area contributed by atoms with E-state index in [-0.39, 0.29) is 24.9 Å². The lowest BCUT2D eigenvalue weighted by molar-refractivity contribution is -0.139. The summed E-state index contributed by atoms with van der Waals surface area (Å²) in [7, 11) is 1.55. The average molecular weight is 673 g/mol. The molecule has 0 amide bonds. The zero-order valence-corrected chi connectivity index (χ0v) is 25.8. The lowest BCUT2D eigenvalue weighted by Crippen LogP contribution is -2.40. The Labute approximate surface area is 250 Å². The number of benzene rings is 2. The fraction of sp³-hybridized carbons (Fsp3) is 0.300. The molecule has 0 N–H and O–H groups in total. The summed E-state index contributed by atoms with van der Waals surface area (Å²) in [6, 6.07) is 10.2. The van der Waals surface area contributed by atoms with E-state index in [9.17, 15) is 9.59 Å². The Morgan fingerprint density at radius 3 is 2.62 bits per heavy atom. The van der Waals surface area contributed by atoms with Crippen LogP contribution in [0.15, 0.2) is 57.5 Å². The number of carbonyl (C=O) groups is 1. The van der Waals surface area contributed by atoms with Crippen molar-refractivity contribution in [2.75, 3.05) is 20.3 Å². The highest BCUT2D eigenvalue weighted by Crippen LogP contribution is 2.36. The number of methoxy groups -OCH3 is 1. The van der Waals surface area contributed by atoms with Crippen LogP contribution in [0.5, 0.6) is 17.2 Å². The van der Waals surface area contributed by atoms with Gasteiger partial charge in [-0.1, -0.05) is 29.4 Å².